The number of nitrogens with zero attached hydrogens (tertiary/aromatic N) is 1. The van der Waals surface area contributed by atoms with E-state index in [9.17, 15) is 0 Å². The SMILES string of the molecule is C=C1/C(=N\C)Oc2cc(C(C)C)ccc21. The van der Waals surface area contributed by atoms with Crippen molar-refractivity contribution in [1.29, 1.82) is 0 Å². The third-order valence-corrected chi connectivity index (χ3v) is 2.67. The van der Waals surface area contributed by atoms with E-state index < -0.39 is 0 Å². The number of hydrogen-bond donors (Lipinski definition) is 0. The quantitative estimate of drug-likeness (QED) is 0.683. The van der Waals surface area contributed by atoms with Gasteiger partial charge in [-0.05, 0) is 17.5 Å². The lowest BCUT2D eigenvalue weighted by atomic mass is 9.99. The molecule has 0 atom stereocenters. The van der Waals surface area contributed by atoms with Crippen LogP contribution >= 0.6 is 0 Å². The Morgan fingerprint density at radius 2 is 2.07 bits per heavy atom. The normalized spacial score (nSPS) is 17.1. The van der Waals surface area contributed by atoms with Crippen molar-refractivity contribution < 1.29 is 4.74 Å². The maximum absolute atomic E-state index is 5.61. The summed E-state index contributed by atoms with van der Waals surface area (Å²) in [5, 5.41) is 0. The van der Waals surface area contributed by atoms with Gasteiger partial charge in [0.2, 0.25) is 5.90 Å². The monoisotopic (exact) mass is 201 g/mol. The highest BCUT2D eigenvalue weighted by atomic mass is 16.5. The van der Waals surface area contributed by atoms with Gasteiger partial charge in [-0.25, -0.2) is 0 Å². The minimum Gasteiger partial charge on any atom is -0.438 e. The predicted molar refractivity (Wildman–Crippen MR) is 63.6 cm³/mol. The Morgan fingerprint density at radius 3 is 2.67 bits per heavy atom. The number of hydrogen-bond acceptors (Lipinski definition) is 2. The van der Waals surface area contributed by atoms with E-state index in [1.54, 1.807) is 7.05 Å². The number of ether oxygens (including phenoxy) is 1. The molecule has 0 amide bonds. The molecule has 2 rings (SSSR count). The molecule has 0 aliphatic carbocycles. The van der Waals surface area contributed by atoms with E-state index in [4.69, 9.17) is 4.74 Å². The Bertz CT molecular complexity index is 444. The summed E-state index contributed by atoms with van der Waals surface area (Å²) in [6.07, 6.45) is 0. The molecule has 1 aromatic carbocycles. The molecule has 1 aromatic rings. The van der Waals surface area contributed by atoms with Crippen molar-refractivity contribution in [3.8, 4) is 5.75 Å². The third-order valence-electron chi connectivity index (χ3n) is 2.67. The van der Waals surface area contributed by atoms with Crippen molar-refractivity contribution in [2.45, 2.75) is 19.8 Å². The van der Waals surface area contributed by atoms with Gasteiger partial charge in [-0.3, -0.25) is 4.99 Å². The lowest BCUT2D eigenvalue weighted by molar-refractivity contribution is 0.568. The van der Waals surface area contributed by atoms with Crippen molar-refractivity contribution in [3.05, 3.63) is 35.9 Å². The molecule has 0 saturated heterocycles. The molecule has 0 unspecified atom stereocenters. The van der Waals surface area contributed by atoms with Gasteiger partial charge in [-0.15, -0.1) is 0 Å². The van der Waals surface area contributed by atoms with Crippen molar-refractivity contribution >= 4 is 11.5 Å². The van der Waals surface area contributed by atoms with E-state index in [-0.39, 0.29) is 0 Å². The average molecular weight is 201 g/mol. The smallest absolute Gasteiger partial charge is 0.221 e. The molecule has 0 bridgehead atoms. The van der Waals surface area contributed by atoms with Crippen LogP contribution in [0.25, 0.3) is 5.57 Å². The fourth-order valence-electron chi connectivity index (χ4n) is 1.69. The van der Waals surface area contributed by atoms with Crippen LogP contribution in [-0.4, -0.2) is 12.9 Å². The first-order valence-electron chi connectivity index (χ1n) is 5.11. The highest BCUT2D eigenvalue weighted by molar-refractivity contribution is 6.23. The fourth-order valence-corrected chi connectivity index (χ4v) is 1.69. The van der Waals surface area contributed by atoms with Crippen LogP contribution in [0.5, 0.6) is 5.75 Å². The van der Waals surface area contributed by atoms with E-state index in [2.05, 4.69) is 43.6 Å². The Morgan fingerprint density at radius 1 is 1.33 bits per heavy atom. The van der Waals surface area contributed by atoms with Crippen LogP contribution in [0.2, 0.25) is 0 Å². The maximum Gasteiger partial charge on any atom is 0.221 e. The standard InChI is InChI=1S/C13H15NO/c1-8(2)10-5-6-11-9(3)13(14-4)15-12(11)7-10/h5-8H,3H2,1-2,4H3/b14-13+. The van der Waals surface area contributed by atoms with Crippen molar-refractivity contribution in [2.75, 3.05) is 7.05 Å². The number of benzene rings is 1. The van der Waals surface area contributed by atoms with Gasteiger partial charge in [0.25, 0.3) is 0 Å². The van der Waals surface area contributed by atoms with Gasteiger partial charge in [0, 0.05) is 18.2 Å². The lowest BCUT2D eigenvalue weighted by Crippen LogP contribution is -2.00. The van der Waals surface area contributed by atoms with Crippen LogP contribution in [0.4, 0.5) is 0 Å². The second-order valence-corrected chi connectivity index (χ2v) is 4.02. The van der Waals surface area contributed by atoms with Crippen molar-refractivity contribution in [1.82, 2.24) is 0 Å². The van der Waals surface area contributed by atoms with Gasteiger partial charge in [0.15, 0.2) is 0 Å². The van der Waals surface area contributed by atoms with Crippen LogP contribution in [0, 0.1) is 0 Å². The first kappa shape index (κ1) is 9.97. The summed E-state index contributed by atoms with van der Waals surface area (Å²) in [4.78, 5) is 4.05. The first-order chi connectivity index (χ1) is 7.13. The van der Waals surface area contributed by atoms with Crippen LogP contribution in [-0.2, 0) is 0 Å². The second-order valence-electron chi connectivity index (χ2n) is 4.02. The van der Waals surface area contributed by atoms with E-state index in [1.807, 2.05) is 0 Å². The maximum atomic E-state index is 5.61. The molecule has 0 radical (unpaired) electrons. The molecule has 78 valence electrons. The van der Waals surface area contributed by atoms with Gasteiger partial charge in [0.05, 0.1) is 0 Å². The summed E-state index contributed by atoms with van der Waals surface area (Å²) in [5.74, 6) is 2.02. The fraction of sp³-hybridized carbons (Fsp3) is 0.308. The zero-order valence-corrected chi connectivity index (χ0v) is 9.37. The number of aliphatic imine (C=N–C) groups is 1. The van der Waals surface area contributed by atoms with Crippen LogP contribution in [0.15, 0.2) is 29.8 Å². The molecular weight excluding hydrogens is 186 g/mol. The molecule has 2 heteroatoms. The molecule has 15 heavy (non-hydrogen) atoms. The van der Waals surface area contributed by atoms with Crippen LogP contribution < -0.4 is 4.74 Å². The number of rotatable bonds is 1. The van der Waals surface area contributed by atoms with Crippen molar-refractivity contribution in [3.63, 3.8) is 0 Å². The first-order valence-corrected chi connectivity index (χ1v) is 5.11. The molecular formula is C13H15NO. The summed E-state index contributed by atoms with van der Waals surface area (Å²) in [5.41, 5.74) is 3.21. The molecule has 1 aliphatic rings. The Balaban J connectivity index is 2.47. The minimum atomic E-state index is 0.509. The summed E-state index contributed by atoms with van der Waals surface area (Å²) in [6, 6.07) is 6.26. The predicted octanol–water partition coefficient (Wildman–Crippen LogP) is 3.24. The third kappa shape index (κ3) is 1.56. The number of fused-ring (bicyclic) bond motifs is 1. The Hall–Kier alpha value is -1.57. The van der Waals surface area contributed by atoms with Gasteiger partial charge in [-0.2, -0.15) is 0 Å². The van der Waals surface area contributed by atoms with E-state index in [0.29, 0.717) is 11.8 Å². The Kier molecular flexibility index (Phi) is 2.35. The Labute approximate surface area is 90.3 Å². The summed E-state index contributed by atoms with van der Waals surface area (Å²) in [7, 11) is 1.72. The summed E-state index contributed by atoms with van der Waals surface area (Å²) in [6.45, 7) is 8.30. The van der Waals surface area contributed by atoms with Gasteiger partial charge in [0.1, 0.15) is 5.75 Å². The van der Waals surface area contributed by atoms with Crippen LogP contribution in [0.3, 0.4) is 0 Å². The van der Waals surface area contributed by atoms with E-state index in [0.717, 1.165) is 16.9 Å². The minimum absolute atomic E-state index is 0.509. The summed E-state index contributed by atoms with van der Waals surface area (Å²) >= 11 is 0. The zero-order chi connectivity index (χ0) is 11.0. The molecule has 2 nitrogen and oxygen atoms in total. The van der Waals surface area contributed by atoms with E-state index in [1.165, 1.54) is 5.56 Å². The largest absolute Gasteiger partial charge is 0.438 e. The average Bonchev–Trinajstić information content (AvgIpc) is 2.55. The highest BCUT2D eigenvalue weighted by Gasteiger charge is 2.23. The second kappa shape index (κ2) is 3.54. The molecule has 0 N–H and O–H groups in total. The highest BCUT2D eigenvalue weighted by Crippen LogP contribution is 2.35. The van der Waals surface area contributed by atoms with E-state index >= 15 is 0 Å². The lowest BCUT2D eigenvalue weighted by Gasteiger charge is -2.06. The van der Waals surface area contributed by atoms with Gasteiger partial charge < -0.3 is 4.74 Å². The molecule has 0 spiro atoms. The molecule has 0 fully saturated rings. The van der Waals surface area contributed by atoms with Gasteiger partial charge in [-0.1, -0.05) is 32.6 Å². The van der Waals surface area contributed by atoms with Gasteiger partial charge >= 0.3 is 0 Å². The summed E-state index contributed by atoms with van der Waals surface area (Å²) < 4.78 is 5.61. The van der Waals surface area contributed by atoms with Crippen molar-refractivity contribution in [2.24, 2.45) is 4.99 Å². The molecule has 1 heterocycles. The topological polar surface area (TPSA) is 21.6 Å². The van der Waals surface area contributed by atoms with Crippen LogP contribution in [0.1, 0.15) is 30.9 Å². The zero-order valence-electron chi connectivity index (χ0n) is 9.37. The molecule has 0 aromatic heterocycles. The molecule has 0 saturated carbocycles. The molecule has 1 aliphatic heterocycles.